The largest absolute Gasteiger partial charge is 0.442 e. The third-order valence-corrected chi connectivity index (χ3v) is 4.98. The van der Waals surface area contributed by atoms with Gasteiger partial charge >= 0.3 is 0 Å². The molecule has 1 saturated heterocycles. The van der Waals surface area contributed by atoms with E-state index in [1.54, 1.807) is 11.3 Å². The topological polar surface area (TPSA) is 55.6 Å². The fourth-order valence-corrected chi connectivity index (χ4v) is 3.58. The summed E-state index contributed by atoms with van der Waals surface area (Å²) in [5.41, 5.74) is 0.421. The number of morpholine rings is 1. The van der Waals surface area contributed by atoms with E-state index in [1.165, 1.54) is 19.2 Å². The van der Waals surface area contributed by atoms with Gasteiger partial charge in [0.15, 0.2) is 17.8 Å². The second kappa shape index (κ2) is 5.27. The van der Waals surface area contributed by atoms with Crippen LogP contribution in [0, 0.1) is 5.92 Å². The molecule has 1 amide bonds. The maximum absolute atomic E-state index is 12.9. The molecule has 6 heteroatoms. The molecule has 0 bridgehead atoms. The van der Waals surface area contributed by atoms with E-state index in [9.17, 15) is 4.79 Å². The molecule has 2 aliphatic rings. The van der Waals surface area contributed by atoms with Crippen molar-refractivity contribution in [3.63, 3.8) is 0 Å². The van der Waals surface area contributed by atoms with Gasteiger partial charge in [-0.25, -0.2) is 4.98 Å². The highest BCUT2D eigenvalue weighted by molar-refractivity contribution is 7.13. The molecule has 0 spiro atoms. The summed E-state index contributed by atoms with van der Waals surface area (Å²) in [5.74, 6) is 1.13. The van der Waals surface area contributed by atoms with E-state index in [2.05, 4.69) is 4.98 Å². The van der Waals surface area contributed by atoms with Crippen LogP contribution in [0.2, 0.25) is 0 Å². The van der Waals surface area contributed by atoms with E-state index in [-0.39, 0.29) is 11.9 Å². The van der Waals surface area contributed by atoms with Gasteiger partial charge in [0.25, 0.3) is 5.91 Å². The third-order valence-electron chi connectivity index (χ3n) is 4.11. The Morgan fingerprint density at radius 2 is 2.33 bits per heavy atom. The molecule has 1 atom stereocenters. The molecule has 1 saturated carbocycles. The van der Waals surface area contributed by atoms with E-state index >= 15 is 0 Å². The average Bonchev–Trinajstić information content (AvgIpc) is 3.02. The fourth-order valence-electron chi connectivity index (χ4n) is 2.86. The first-order chi connectivity index (χ1) is 10.3. The van der Waals surface area contributed by atoms with Crippen molar-refractivity contribution in [2.24, 2.45) is 5.92 Å². The summed E-state index contributed by atoms with van der Waals surface area (Å²) in [5, 5.41) is 1.97. The van der Waals surface area contributed by atoms with Crippen LogP contribution in [0.25, 0.3) is 10.6 Å². The van der Waals surface area contributed by atoms with Gasteiger partial charge in [-0.05, 0) is 30.2 Å². The van der Waals surface area contributed by atoms with Crippen molar-refractivity contribution in [3.05, 3.63) is 29.6 Å². The molecule has 0 radical (unpaired) electrons. The lowest BCUT2D eigenvalue weighted by atomic mass is 10.1. The minimum atomic E-state index is -0.0349. The highest BCUT2D eigenvalue weighted by Gasteiger charge is 2.40. The van der Waals surface area contributed by atoms with Crippen molar-refractivity contribution in [1.82, 2.24) is 9.88 Å². The van der Waals surface area contributed by atoms with Crippen LogP contribution in [0.5, 0.6) is 0 Å². The number of thiophene rings is 1. The number of aromatic nitrogens is 1. The Kier molecular flexibility index (Phi) is 3.27. The number of rotatable bonds is 3. The standard InChI is InChI=1S/C15H16N2O3S/c18-15(17-5-6-19-8-11(17)10-3-4-10)13-14(20-9-16-13)12-2-1-7-21-12/h1-2,7,9-11H,3-6,8H2. The van der Waals surface area contributed by atoms with Gasteiger partial charge in [-0.1, -0.05) is 6.07 Å². The second-order valence-corrected chi connectivity index (χ2v) is 6.43. The highest BCUT2D eigenvalue weighted by atomic mass is 32.1. The number of carbonyl (C=O) groups is 1. The van der Waals surface area contributed by atoms with E-state index in [4.69, 9.17) is 9.15 Å². The third kappa shape index (κ3) is 2.38. The SMILES string of the molecule is O=C(c1ncoc1-c1cccs1)N1CCOCC1C1CC1. The van der Waals surface area contributed by atoms with Crippen molar-refractivity contribution in [1.29, 1.82) is 0 Å². The summed E-state index contributed by atoms with van der Waals surface area (Å²) in [4.78, 5) is 19.9. The van der Waals surface area contributed by atoms with Crippen LogP contribution in [-0.4, -0.2) is 41.6 Å². The molecule has 0 aromatic carbocycles. The number of carbonyl (C=O) groups excluding carboxylic acids is 1. The molecule has 1 aliphatic heterocycles. The van der Waals surface area contributed by atoms with Gasteiger partial charge in [0.2, 0.25) is 0 Å². The normalized spacial score (nSPS) is 22.5. The molecule has 4 rings (SSSR count). The van der Waals surface area contributed by atoms with Crippen LogP contribution in [0.15, 0.2) is 28.3 Å². The first-order valence-electron chi connectivity index (χ1n) is 7.20. The van der Waals surface area contributed by atoms with Gasteiger partial charge in [0.1, 0.15) is 0 Å². The van der Waals surface area contributed by atoms with Crippen molar-refractivity contribution in [2.75, 3.05) is 19.8 Å². The lowest BCUT2D eigenvalue weighted by molar-refractivity contribution is -0.00858. The van der Waals surface area contributed by atoms with Gasteiger partial charge in [-0.3, -0.25) is 4.79 Å². The van der Waals surface area contributed by atoms with Crippen molar-refractivity contribution < 1.29 is 13.9 Å². The van der Waals surface area contributed by atoms with Gasteiger partial charge in [-0.15, -0.1) is 11.3 Å². The van der Waals surface area contributed by atoms with Crippen molar-refractivity contribution >= 4 is 17.2 Å². The van der Waals surface area contributed by atoms with E-state index in [0.29, 0.717) is 37.1 Å². The molecular weight excluding hydrogens is 288 g/mol. The zero-order valence-corrected chi connectivity index (χ0v) is 12.3. The molecule has 0 N–H and O–H groups in total. The quantitative estimate of drug-likeness (QED) is 0.875. The molecule has 110 valence electrons. The second-order valence-electron chi connectivity index (χ2n) is 5.49. The molecule has 21 heavy (non-hydrogen) atoms. The molecule has 2 fully saturated rings. The molecule has 2 aromatic heterocycles. The number of ether oxygens (including phenoxy) is 1. The Morgan fingerprint density at radius 3 is 3.10 bits per heavy atom. The van der Waals surface area contributed by atoms with Crippen LogP contribution < -0.4 is 0 Å². The monoisotopic (exact) mass is 304 g/mol. The molecule has 5 nitrogen and oxygen atoms in total. The van der Waals surface area contributed by atoms with E-state index in [0.717, 1.165) is 4.88 Å². The number of nitrogens with zero attached hydrogens (tertiary/aromatic N) is 2. The Morgan fingerprint density at radius 1 is 1.43 bits per heavy atom. The first-order valence-corrected chi connectivity index (χ1v) is 8.08. The lowest BCUT2D eigenvalue weighted by Gasteiger charge is -2.35. The predicted molar refractivity (Wildman–Crippen MR) is 78.2 cm³/mol. The summed E-state index contributed by atoms with van der Waals surface area (Å²) in [6.45, 7) is 1.88. The van der Waals surface area contributed by atoms with E-state index in [1.807, 2.05) is 22.4 Å². The Balaban J connectivity index is 1.63. The van der Waals surface area contributed by atoms with Gasteiger partial charge in [0, 0.05) is 6.54 Å². The van der Waals surface area contributed by atoms with Crippen LogP contribution in [0.4, 0.5) is 0 Å². The summed E-state index contributed by atoms with van der Waals surface area (Å²) < 4.78 is 11.0. The van der Waals surface area contributed by atoms with Crippen molar-refractivity contribution in [3.8, 4) is 10.6 Å². The number of oxazole rings is 1. The summed E-state index contributed by atoms with van der Waals surface area (Å²) in [6.07, 6.45) is 3.73. The van der Waals surface area contributed by atoms with Crippen LogP contribution in [0.3, 0.4) is 0 Å². The van der Waals surface area contributed by atoms with E-state index < -0.39 is 0 Å². The number of hydrogen-bond acceptors (Lipinski definition) is 5. The van der Waals surface area contributed by atoms with Crippen molar-refractivity contribution in [2.45, 2.75) is 18.9 Å². The summed E-state index contributed by atoms with van der Waals surface area (Å²) >= 11 is 1.55. The predicted octanol–water partition coefficient (Wildman–Crippen LogP) is 2.65. The van der Waals surface area contributed by atoms with Gasteiger partial charge in [0.05, 0.1) is 24.1 Å². The van der Waals surface area contributed by atoms with Gasteiger partial charge in [-0.2, -0.15) is 0 Å². The maximum atomic E-state index is 12.9. The molecular formula is C15H16N2O3S. The first kappa shape index (κ1) is 13.0. The summed E-state index contributed by atoms with van der Waals surface area (Å²) in [7, 11) is 0. The minimum Gasteiger partial charge on any atom is -0.442 e. The smallest absolute Gasteiger partial charge is 0.276 e. The number of hydrogen-bond donors (Lipinski definition) is 0. The lowest BCUT2D eigenvalue weighted by Crippen LogP contribution is -2.50. The van der Waals surface area contributed by atoms with Crippen LogP contribution >= 0.6 is 11.3 Å². The fraction of sp³-hybridized carbons (Fsp3) is 0.467. The molecule has 1 unspecified atom stereocenters. The van der Waals surface area contributed by atoms with Crippen LogP contribution in [0.1, 0.15) is 23.3 Å². The van der Waals surface area contributed by atoms with Gasteiger partial charge < -0.3 is 14.1 Å². The summed E-state index contributed by atoms with van der Waals surface area (Å²) in [6, 6.07) is 4.08. The Labute approximate surface area is 126 Å². The highest BCUT2D eigenvalue weighted by Crippen LogP contribution is 2.37. The maximum Gasteiger partial charge on any atom is 0.276 e. The number of amides is 1. The van der Waals surface area contributed by atoms with Crippen LogP contribution in [-0.2, 0) is 4.74 Å². The average molecular weight is 304 g/mol. The Bertz CT molecular complexity index is 633. The Hall–Kier alpha value is -1.66. The molecule has 3 heterocycles. The molecule has 1 aliphatic carbocycles. The minimum absolute atomic E-state index is 0.0349. The molecule has 2 aromatic rings. The zero-order chi connectivity index (χ0) is 14.2. The zero-order valence-electron chi connectivity index (χ0n) is 11.5.